The number of aliphatic hydroxyl groups is 1. The lowest BCUT2D eigenvalue weighted by atomic mass is 10.1. The van der Waals surface area contributed by atoms with E-state index in [1.54, 1.807) is 7.11 Å². The van der Waals surface area contributed by atoms with Crippen molar-refractivity contribution in [3.63, 3.8) is 0 Å². The highest BCUT2D eigenvalue weighted by molar-refractivity contribution is 5.89. The average molecular weight is 312 g/mol. The number of carbonyl (C=O) groups excluding carboxylic acids is 1. The number of fused-ring (bicyclic) bond motifs is 1. The van der Waals surface area contributed by atoms with Crippen molar-refractivity contribution in [3.8, 4) is 0 Å². The number of hydrogen-bond acceptors (Lipinski definition) is 3. The van der Waals surface area contributed by atoms with Gasteiger partial charge in [-0.2, -0.15) is 0 Å². The predicted octanol–water partition coefficient (Wildman–Crippen LogP) is 2.61. The van der Waals surface area contributed by atoms with Crippen LogP contribution >= 0.6 is 0 Å². The second kappa shape index (κ2) is 6.81. The van der Waals surface area contributed by atoms with Crippen molar-refractivity contribution in [1.82, 2.24) is 5.32 Å². The van der Waals surface area contributed by atoms with E-state index in [4.69, 9.17) is 4.74 Å². The van der Waals surface area contributed by atoms with Gasteiger partial charge in [0.15, 0.2) is 0 Å². The van der Waals surface area contributed by atoms with Gasteiger partial charge in [0, 0.05) is 19.2 Å². The molecular weight excluding hydrogens is 292 g/mol. The third-order valence-electron chi connectivity index (χ3n) is 3.99. The zero-order valence-corrected chi connectivity index (χ0v) is 13.0. The second-order valence-electron chi connectivity index (χ2n) is 5.68. The molecule has 0 bridgehead atoms. The molecule has 2 amide bonds. The van der Waals surface area contributed by atoms with E-state index in [2.05, 4.69) is 10.6 Å². The summed E-state index contributed by atoms with van der Waals surface area (Å²) in [4.78, 5) is 12.2. The number of methoxy groups -OCH3 is 1. The van der Waals surface area contributed by atoms with Crippen molar-refractivity contribution in [2.45, 2.75) is 25.2 Å². The van der Waals surface area contributed by atoms with Crippen LogP contribution in [0.3, 0.4) is 0 Å². The number of nitrogens with one attached hydrogen (secondary N) is 2. The Kier molecular flexibility index (Phi) is 4.60. The molecule has 0 radical (unpaired) electrons. The number of benzene rings is 2. The first-order valence-electron chi connectivity index (χ1n) is 7.58. The second-order valence-corrected chi connectivity index (χ2v) is 5.68. The number of amides is 2. The molecule has 0 saturated heterocycles. The van der Waals surface area contributed by atoms with Crippen LogP contribution < -0.4 is 10.6 Å². The lowest BCUT2D eigenvalue weighted by Crippen LogP contribution is -2.36. The van der Waals surface area contributed by atoms with E-state index >= 15 is 0 Å². The van der Waals surface area contributed by atoms with Crippen molar-refractivity contribution < 1.29 is 14.6 Å². The van der Waals surface area contributed by atoms with Gasteiger partial charge in [-0.1, -0.05) is 36.4 Å². The van der Waals surface area contributed by atoms with Gasteiger partial charge in [0.2, 0.25) is 0 Å². The number of anilines is 1. The van der Waals surface area contributed by atoms with Crippen LogP contribution in [0.15, 0.2) is 48.5 Å². The predicted molar refractivity (Wildman–Crippen MR) is 88.2 cm³/mol. The molecule has 23 heavy (non-hydrogen) atoms. The Morgan fingerprint density at radius 2 is 2.09 bits per heavy atom. The van der Waals surface area contributed by atoms with E-state index < -0.39 is 6.10 Å². The molecule has 120 valence electrons. The summed E-state index contributed by atoms with van der Waals surface area (Å²) in [6, 6.07) is 14.5. The fourth-order valence-electron chi connectivity index (χ4n) is 2.96. The summed E-state index contributed by atoms with van der Waals surface area (Å²) >= 11 is 0. The zero-order valence-electron chi connectivity index (χ0n) is 13.0. The van der Waals surface area contributed by atoms with Gasteiger partial charge in [-0.3, -0.25) is 0 Å². The molecule has 3 rings (SSSR count). The third kappa shape index (κ3) is 3.52. The minimum atomic E-state index is -0.599. The minimum absolute atomic E-state index is 0.333. The summed E-state index contributed by atoms with van der Waals surface area (Å²) < 4.78 is 5.09. The molecule has 0 aliphatic heterocycles. The molecule has 5 heteroatoms. The molecule has 0 heterocycles. The molecular formula is C18H20N2O3. The number of hydrogen-bond donors (Lipinski definition) is 3. The summed E-state index contributed by atoms with van der Waals surface area (Å²) in [5, 5.41) is 15.8. The zero-order chi connectivity index (χ0) is 16.2. The van der Waals surface area contributed by atoms with Crippen molar-refractivity contribution in [2.75, 3.05) is 12.4 Å². The van der Waals surface area contributed by atoms with Gasteiger partial charge in [-0.25, -0.2) is 4.79 Å². The number of carbonyl (C=O) groups is 1. The average Bonchev–Trinajstić information content (AvgIpc) is 2.84. The van der Waals surface area contributed by atoms with E-state index in [9.17, 15) is 9.90 Å². The molecule has 1 aliphatic carbocycles. The quantitative estimate of drug-likeness (QED) is 0.813. The van der Waals surface area contributed by atoms with E-state index in [0.717, 1.165) is 16.7 Å². The van der Waals surface area contributed by atoms with Gasteiger partial charge in [0.1, 0.15) is 0 Å². The molecule has 1 aliphatic rings. The minimum Gasteiger partial charge on any atom is -0.390 e. The van der Waals surface area contributed by atoms with Crippen molar-refractivity contribution in [3.05, 3.63) is 65.2 Å². The first-order valence-corrected chi connectivity index (χ1v) is 7.58. The van der Waals surface area contributed by atoms with Crippen LogP contribution in [0.2, 0.25) is 0 Å². The van der Waals surface area contributed by atoms with Crippen LogP contribution in [0.25, 0.3) is 0 Å². The van der Waals surface area contributed by atoms with E-state index in [1.807, 2.05) is 48.5 Å². The number of rotatable bonds is 4. The fraction of sp³-hybridized carbons (Fsp3) is 0.278. The third-order valence-corrected chi connectivity index (χ3v) is 3.99. The summed E-state index contributed by atoms with van der Waals surface area (Å²) in [5.41, 5.74) is 3.73. The summed E-state index contributed by atoms with van der Waals surface area (Å²) in [5.74, 6) is 0. The molecule has 0 aromatic heterocycles. The standard InChI is InChI=1S/C18H20N2O3/c1-23-11-12-5-4-7-14(9-12)19-18(22)20-17-15-8-3-2-6-13(15)10-16(17)21/h2-9,16-17,21H,10-11H2,1H3,(H2,19,20,22)/t16-,17+/m0/s1. The highest BCUT2D eigenvalue weighted by Crippen LogP contribution is 2.31. The van der Waals surface area contributed by atoms with Crippen molar-refractivity contribution >= 4 is 11.7 Å². The Hall–Kier alpha value is -2.37. The monoisotopic (exact) mass is 312 g/mol. The van der Waals surface area contributed by atoms with Crippen LogP contribution in [-0.4, -0.2) is 24.4 Å². The molecule has 0 saturated carbocycles. The number of urea groups is 1. The lowest BCUT2D eigenvalue weighted by molar-refractivity contribution is 0.144. The summed E-state index contributed by atoms with van der Waals surface area (Å²) in [6.45, 7) is 0.492. The molecule has 0 spiro atoms. The Labute approximate surface area is 135 Å². The smallest absolute Gasteiger partial charge is 0.319 e. The Morgan fingerprint density at radius 1 is 1.26 bits per heavy atom. The van der Waals surface area contributed by atoms with Gasteiger partial charge < -0.3 is 20.5 Å². The summed E-state index contributed by atoms with van der Waals surface area (Å²) in [7, 11) is 1.63. The van der Waals surface area contributed by atoms with Crippen LogP contribution in [-0.2, 0) is 17.8 Å². The number of ether oxygens (including phenoxy) is 1. The molecule has 3 N–H and O–H groups in total. The van der Waals surface area contributed by atoms with Gasteiger partial charge in [-0.15, -0.1) is 0 Å². The first kappa shape index (κ1) is 15.5. The Morgan fingerprint density at radius 3 is 2.91 bits per heavy atom. The molecule has 2 atom stereocenters. The topological polar surface area (TPSA) is 70.6 Å². The highest BCUT2D eigenvalue weighted by atomic mass is 16.5. The fourth-order valence-corrected chi connectivity index (χ4v) is 2.96. The maximum atomic E-state index is 12.2. The Bertz CT molecular complexity index is 702. The van der Waals surface area contributed by atoms with E-state index in [-0.39, 0.29) is 12.1 Å². The maximum absolute atomic E-state index is 12.2. The van der Waals surface area contributed by atoms with Gasteiger partial charge in [0.25, 0.3) is 0 Å². The van der Waals surface area contributed by atoms with Crippen LogP contribution in [0.1, 0.15) is 22.7 Å². The summed E-state index contributed by atoms with van der Waals surface area (Å²) in [6.07, 6.45) is -0.0391. The van der Waals surface area contributed by atoms with Crippen LogP contribution in [0.5, 0.6) is 0 Å². The van der Waals surface area contributed by atoms with Gasteiger partial charge in [0.05, 0.1) is 18.8 Å². The van der Waals surface area contributed by atoms with E-state index in [0.29, 0.717) is 18.7 Å². The molecule has 0 fully saturated rings. The van der Waals surface area contributed by atoms with Crippen molar-refractivity contribution in [1.29, 1.82) is 0 Å². The molecule has 2 aromatic rings. The van der Waals surface area contributed by atoms with Crippen molar-refractivity contribution in [2.24, 2.45) is 0 Å². The SMILES string of the molecule is COCc1cccc(NC(=O)N[C@@H]2c3ccccc3C[C@@H]2O)c1. The molecule has 2 aromatic carbocycles. The van der Waals surface area contributed by atoms with Crippen LogP contribution in [0.4, 0.5) is 10.5 Å². The molecule has 5 nitrogen and oxygen atoms in total. The van der Waals surface area contributed by atoms with E-state index in [1.165, 1.54) is 0 Å². The molecule has 0 unspecified atom stereocenters. The normalized spacial score (nSPS) is 19.2. The highest BCUT2D eigenvalue weighted by Gasteiger charge is 2.31. The number of aliphatic hydroxyl groups excluding tert-OH is 1. The maximum Gasteiger partial charge on any atom is 0.319 e. The van der Waals surface area contributed by atoms with Gasteiger partial charge >= 0.3 is 6.03 Å². The largest absolute Gasteiger partial charge is 0.390 e. The van der Waals surface area contributed by atoms with Crippen LogP contribution in [0, 0.1) is 0 Å². The Balaban J connectivity index is 1.67. The lowest BCUT2D eigenvalue weighted by Gasteiger charge is -2.18. The van der Waals surface area contributed by atoms with Gasteiger partial charge in [-0.05, 0) is 28.8 Å². The first-order chi connectivity index (χ1) is 11.2.